The molecule has 1 rings (SSSR count). The number of ether oxygens (including phenoxy) is 1. The van der Waals surface area contributed by atoms with E-state index in [2.05, 4.69) is 5.48 Å². The summed E-state index contributed by atoms with van der Waals surface area (Å²) in [7, 11) is 1.63. The van der Waals surface area contributed by atoms with Crippen LogP contribution in [0.25, 0.3) is 0 Å². The lowest BCUT2D eigenvalue weighted by molar-refractivity contribution is -0.145. The Bertz CT molecular complexity index is 379. The second kappa shape index (κ2) is 6.40. The summed E-state index contributed by atoms with van der Waals surface area (Å²) in [5.41, 5.74) is 3.19. The highest BCUT2D eigenvalue weighted by Crippen LogP contribution is 2.12. The van der Waals surface area contributed by atoms with Crippen molar-refractivity contribution in [2.75, 3.05) is 7.11 Å². The molecular weight excluding hydrogens is 230 g/mol. The molecule has 1 N–H and O–H groups in total. The molecule has 0 atom stereocenters. The number of carbonyl (C=O) groups is 1. The molecule has 0 aliphatic rings. The van der Waals surface area contributed by atoms with E-state index < -0.39 is 0 Å². The van der Waals surface area contributed by atoms with Crippen LogP contribution >= 0.6 is 0 Å². The van der Waals surface area contributed by atoms with E-state index in [9.17, 15) is 4.79 Å². The van der Waals surface area contributed by atoms with Gasteiger partial charge in [0.05, 0.1) is 12.7 Å². The van der Waals surface area contributed by atoms with Gasteiger partial charge in [-0.1, -0.05) is 12.1 Å². The predicted octanol–water partition coefficient (Wildman–Crippen LogP) is 2.47. The van der Waals surface area contributed by atoms with Crippen LogP contribution in [-0.2, 0) is 16.1 Å². The predicted molar refractivity (Wildman–Crippen MR) is 70.3 cm³/mol. The standard InChI is InChI=1S/C14H21NO3/c1-14(2,3)18-15-13(16)10-7-11-5-8-12(17-4)9-6-11/h5-6,8-9H,7,10H2,1-4H3,(H,15,16). The number of benzene rings is 1. The number of hydrogen-bond acceptors (Lipinski definition) is 3. The van der Waals surface area contributed by atoms with E-state index in [-0.39, 0.29) is 11.5 Å². The summed E-state index contributed by atoms with van der Waals surface area (Å²) in [4.78, 5) is 16.7. The van der Waals surface area contributed by atoms with E-state index in [1.807, 2.05) is 45.0 Å². The summed E-state index contributed by atoms with van der Waals surface area (Å²) in [6.07, 6.45) is 1.09. The number of nitrogens with one attached hydrogen (secondary N) is 1. The molecule has 0 spiro atoms. The molecule has 0 saturated carbocycles. The molecule has 1 amide bonds. The Hall–Kier alpha value is -1.55. The van der Waals surface area contributed by atoms with Gasteiger partial charge in [0.25, 0.3) is 0 Å². The van der Waals surface area contributed by atoms with Crippen molar-refractivity contribution >= 4 is 5.91 Å². The lowest BCUT2D eigenvalue weighted by atomic mass is 10.1. The van der Waals surface area contributed by atoms with Gasteiger partial charge in [0.1, 0.15) is 5.75 Å². The summed E-state index contributed by atoms with van der Waals surface area (Å²) < 4.78 is 5.07. The van der Waals surface area contributed by atoms with Gasteiger partial charge in [0.15, 0.2) is 0 Å². The molecular formula is C14H21NO3. The number of rotatable bonds is 5. The van der Waals surface area contributed by atoms with Gasteiger partial charge in [0, 0.05) is 6.42 Å². The van der Waals surface area contributed by atoms with E-state index in [1.165, 1.54) is 0 Å². The first-order valence-electron chi connectivity index (χ1n) is 6.00. The summed E-state index contributed by atoms with van der Waals surface area (Å²) >= 11 is 0. The summed E-state index contributed by atoms with van der Waals surface area (Å²) in [5.74, 6) is 0.708. The Labute approximate surface area is 108 Å². The van der Waals surface area contributed by atoms with Crippen LogP contribution < -0.4 is 10.2 Å². The highest BCUT2D eigenvalue weighted by molar-refractivity contribution is 5.75. The van der Waals surface area contributed by atoms with Crippen molar-refractivity contribution in [2.45, 2.75) is 39.2 Å². The first-order chi connectivity index (χ1) is 8.40. The van der Waals surface area contributed by atoms with Crippen LogP contribution in [0.15, 0.2) is 24.3 Å². The number of aryl methyl sites for hydroxylation is 1. The smallest absolute Gasteiger partial charge is 0.243 e. The third kappa shape index (κ3) is 5.68. The molecule has 0 aromatic heterocycles. The van der Waals surface area contributed by atoms with Gasteiger partial charge in [-0.3, -0.25) is 9.63 Å². The van der Waals surface area contributed by atoms with Crippen LogP contribution in [0.4, 0.5) is 0 Å². The molecule has 4 nitrogen and oxygen atoms in total. The third-order valence-electron chi connectivity index (χ3n) is 2.27. The molecule has 18 heavy (non-hydrogen) atoms. The van der Waals surface area contributed by atoms with Crippen molar-refractivity contribution in [1.82, 2.24) is 5.48 Å². The topological polar surface area (TPSA) is 47.6 Å². The van der Waals surface area contributed by atoms with Crippen molar-refractivity contribution in [3.8, 4) is 5.75 Å². The van der Waals surface area contributed by atoms with E-state index >= 15 is 0 Å². The van der Waals surface area contributed by atoms with Crippen LogP contribution in [0.1, 0.15) is 32.8 Å². The summed E-state index contributed by atoms with van der Waals surface area (Å²) in [6, 6.07) is 7.69. The fourth-order valence-corrected chi connectivity index (χ4v) is 1.31. The lowest BCUT2D eigenvalue weighted by Gasteiger charge is -2.18. The minimum atomic E-state index is -0.365. The number of methoxy groups -OCH3 is 1. The van der Waals surface area contributed by atoms with E-state index in [1.54, 1.807) is 7.11 Å². The van der Waals surface area contributed by atoms with Crippen molar-refractivity contribution in [1.29, 1.82) is 0 Å². The number of hydrogen-bond donors (Lipinski definition) is 1. The summed E-state index contributed by atoms with van der Waals surface area (Å²) in [6.45, 7) is 5.66. The average molecular weight is 251 g/mol. The van der Waals surface area contributed by atoms with Gasteiger partial charge in [-0.05, 0) is 44.9 Å². The minimum Gasteiger partial charge on any atom is -0.497 e. The summed E-state index contributed by atoms with van der Waals surface area (Å²) in [5, 5.41) is 0. The maximum absolute atomic E-state index is 11.5. The SMILES string of the molecule is COc1ccc(CCC(=O)NOC(C)(C)C)cc1. The maximum Gasteiger partial charge on any atom is 0.243 e. The highest BCUT2D eigenvalue weighted by atomic mass is 16.7. The highest BCUT2D eigenvalue weighted by Gasteiger charge is 2.12. The van der Waals surface area contributed by atoms with Crippen LogP contribution in [0.3, 0.4) is 0 Å². The first-order valence-corrected chi connectivity index (χ1v) is 6.00. The van der Waals surface area contributed by atoms with Crippen LogP contribution in [0.5, 0.6) is 5.75 Å². The average Bonchev–Trinajstić information content (AvgIpc) is 2.33. The minimum absolute atomic E-state index is 0.110. The molecule has 0 aliphatic heterocycles. The molecule has 0 bridgehead atoms. The van der Waals surface area contributed by atoms with Gasteiger partial charge in [-0.15, -0.1) is 0 Å². The fraction of sp³-hybridized carbons (Fsp3) is 0.500. The van der Waals surface area contributed by atoms with Crippen molar-refractivity contribution < 1.29 is 14.4 Å². The molecule has 100 valence electrons. The second-order valence-electron chi connectivity index (χ2n) is 5.09. The van der Waals surface area contributed by atoms with E-state index in [0.717, 1.165) is 11.3 Å². The monoisotopic (exact) mass is 251 g/mol. The Morgan fingerprint density at radius 1 is 1.22 bits per heavy atom. The van der Waals surface area contributed by atoms with Crippen LogP contribution in [-0.4, -0.2) is 18.6 Å². The zero-order chi connectivity index (χ0) is 13.6. The number of amides is 1. The number of hydroxylamine groups is 1. The van der Waals surface area contributed by atoms with Gasteiger partial charge in [0.2, 0.25) is 5.91 Å². The molecule has 4 heteroatoms. The Balaban J connectivity index is 2.33. The maximum atomic E-state index is 11.5. The van der Waals surface area contributed by atoms with E-state index in [0.29, 0.717) is 12.8 Å². The normalized spacial score (nSPS) is 11.1. The van der Waals surface area contributed by atoms with Crippen LogP contribution in [0.2, 0.25) is 0 Å². The van der Waals surface area contributed by atoms with Gasteiger partial charge >= 0.3 is 0 Å². The van der Waals surface area contributed by atoms with Gasteiger partial charge in [-0.2, -0.15) is 0 Å². The quantitative estimate of drug-likeness (QED) is 0.818. The molecule has 1 aromatic rings. The van der Waals surface area contributed by atoms with Crippen molar-refractivity contribution in [2.24, 2.45) is 0 Å². The molecule has 0 heterocycles. The zero-order valence-electron chi connectivity index (χ0n) is 11.4. The fourth-order valence-electron chi connectivity index (χ4n) is 1.31. The number of carbonyl (C=O) groups excluding carboxylic acids is 1. The van der Waals surface area contributed by atoms with Crippen LogP contribution in [0, 0.1) is 0 Å². The molecule has 0 fully saturated rings. The first kappa shape index (κ1) is 14.5. The lowest BCUT2D eigenvalue weighted by Crippen LogP contribution is -2.33. The molecule has 0 aliphatic carbocycles. The molecule has 0 unspecified atom stereocenters. The Kier molecular flexibility index (Phi) is 5.16. The zero-order valence-corrected chi connectivity index (χ0v) is 11.4. The molecule has 0 saturated heterocycles. The molecule has 0 radical (unpaired) electrons. The van der Waals surface area contributed by atoms with Crippen molar-refractivity contribution in [3.63, 3.8) is 0 Å². The van der Waals surface area contributed by atoms with Gasteiger partial charge in [-0.25, -0.2) is 5.48 Å². The Morgan fingerprint density at radius 2 is 1.83 bits per heavy atom. The molecule has 1 aromatic carbocycles. The second-order valence-corrected chi connectivity index (χ2v) is 5.09. The van der Waals surface area contributed by atoms with Gasteiger partial charge < -0.3 is 4.74 Å². The third-order valence-corrected chi connectivity index (χ3v) is 2.27. The van der Waals surface area contributed by atoms with Crippen molar-refractivity contribution in [3.05, 3.63) is 29.8 Å². The Morgan fingerprint density at radius 3 is 2.33 bits per heavy atom. The largest absolute Gasteiger partial charge is 0.497 e. The van der Waals surface area contributed by atoms with E-state index in [4.69, 9.17) is 9.57 Å².